The van der Waals surface area contributed by atoms with E-state index >= 15 is 0 Å². The van der Waals surface area contributed by atoms with Crippen LogP contribution in [0.1, 0.15) is 17.0 Å². The molecule has 1 fully saturated rings. The molecule has 126 valence electrons. The molecule has 24 heavy (non-hydrogen) atoms. The highest BCUT2D eigenvalue weighted by atomic mass is 16.5. The number of aryl methyl sites for hydroxylation is 1. The van der Waals surface area contributed by atoms with Crippen LogP contribution in [0.2, 0.25) is 0 Å². The van der Waals surface area contributed by atoms with Gasteiger partial charge in [-0.05, 0) is 18.9 Å². The second-order valence-corrected chi connectivity index (χ2v) is 6.30. The minimum atomic E-state index is 0.159. The van der Waals surface area contributed by atoms with Crippen molar-refractivity contribution < 1.29 is 9.53 Å². The van der Waals surface area contributed by atoms with E-state index < -0.39 is 0 Å². The van der Waals surface area contributed by atoms with Gasteiger partial charge in [0, 0.05) is 31.4 Å². The van der Waals surface area contributed by atoms with Crippen LogP contribution in [-0.2, 0) is 22.4 Å². The maximum Gasteiger partial charge on any atom is 0.227 e. The first-order valence-corrected chi connectivity index (χ1v) is 8.37. The van der Waals surface area contributed by atoms with Crippen LogP contribution in [0.4, 0.5) is 0 Å². The third kappa shape index (κ3) is 4.61. The van der Waals surface area contributed by atoms with Gasteiger partial charge >= 0.3 is 0 Å². The van der Waals surface area contributed by atoms with Crippen molar-refractivity contribution in [2.24, 2.45) is 5.92 Å². The summed E-state index contributed by atoms with van der Waals surface area (Å²) in [5.74, 6) is 0.413. The van der Waals surface area contributed by atoms with Crippen LogP contribution < -0.4 is 0 Å². The van der Waals surface area contributed by atoms with Crippen LogP contribution in [-0.4, -0.2) is 47.1 Å². The molecular formula is C19H23N3O2. The summed E-state index contributed by atoms with van der Waals surface area (Å²) in [7, 11) is 0. The number of benzene rings is 1. The summed E-state index contributed by atoms with van der Waals surface area (Å²) in [6.07, 6.45) is 4.82. The fourth-order valence-electron chi connectivity index (χ4n) is 2.93. The van der Waals surface area contributed by atoms with Gasteiger partial charge in [-0.1, -0.05) is 30.3 Å². The fourth-order valence-corrected chi connectivity index (χ4v) is 2.93. The molecule has 0 unspecified atom stereocenters. The van der Waals surface area contributed by atoms with E-state index in [0.717, 1.165) is 23.4 Å². The summed E-state index contributed by atoms with van der Waals surface area (Å²) in [5.41, 5.74) is 2.91. The largest absolute Gasteiger partial charge is 0.379 e. The van der Waals surface area contributed by atoms with E-state index in [2.05, 4.69) is 9.97 Å². The molecule has 0 radical (unpaired) electrons. The van der Waals surface area contributed by atoms with Crippen molar-refractivity contribution in [2.75, 3.05) is 26.3 Å². The zero-order chi connectivity index (χ0) is 16.8. The van der Waals surface area contributed by atoms with Gasteiger partial charge in [0.25, 0.3) is 0 Å². The Morgan fingerprint density at radius 3 is 2.83 bits per heavy atom. The van der Waals surface area contributed by atoms with Gasteiger partial charge in [-0.15, -0.1) is 0 Å². The average Bonchev–Trinajstić information content (AvgIpc) is 2.83. The standard InChI is InChI=1S/C19H23N3O2/c1-15-11-21-18(12-20-15)9-17-13-22(7-8-24-14-17)19(23)10-16-5-3-2-4-6-16/h2-6,11-12,17H,7-10,13-14H2,1H3/t17-/m0/s1. The van der Waals surface area contributed by atoms with Crippen LogP contribution in [0.5, 0.6) is 0 Å². The summed E-state index contributed by atoms with van der Waals surface area (Å²) in [4.78, 5) is 23.2. The van der Waals surface area contributed by atoms with Gasteiger partial charge in [-0.3, -0.25) is 14.8 Å². The monoisotopic (exact) mass is 325 g/mol. The molecular weight excluding hydrogens is 302 g/mol. The molecule has 0 bridgehead atoms. The molecule has 2 heterocycles. The summed E-state index contributed by atoms with van der Waals surface area (Å²) in [6.45, 7) is 4.54. The van der Waals surface area contributed by atoms with Crippen molar-refractivity contribution in [3.63, 3.8) is 0 Å². The second-order valence-electron chi connectivity index (χ2n) is 6.30. The zero-order valence-corrected chi connectivity index (χ0v) is 14.0. The minimum Gasteiger partial charge on any atom is -0.379 e. The molecule has 0 N–H and O–H groups in total. The number of hydrogen-bond donors (Lipinski definition) is 0. The SMILES string of the molecule is Cc1cnc(C[C@@H]2COCCN(C(=O)Cc3ccccc3)C2)cn1. The molecule has 2 aromatic rings. The lowest BCUT2D eigenvalue weighted by molar-refractivity contribution is -0.130. The number of ether oxygens (including phenoxy) is 1. The number of nitrogens with zero attached hydrogens (tertiary/aromatic N) is 3. The number of carbonyl (C=O) groups excluding carboxylic acids is 1. The van der Waals surface area contributed by atoms with Crippen molar-refractivity contribution >= 4 is 5.91 Å². The summed E-state index contributed by atoms with van der Waals surface area (Å²) in [5, 5.41) is 0. The van der Waals surface area contributed by atoms with E-state index in [4.69, 9.17) is 4.74 Å². The van der Waals surface area contributed by atoms with E-state index in [0.29, 0.717) is 32.7 Å². The highest BCUT2D eigenvalue weighted by molar-refractivity contribution is 5.78. The Hall–Kier alpha value is -2.27. The van der Waals surface area contributed by atoms with Crippen molar-refractivity contribution in [3.8, 4) is 0 Å². The van der Waals surface area contributed by atoms with Gasteiger partial charge in [-0.25, -0.2) is 0 Å². The molecule has 0 saturated carbocycles. The number of amides is 1. The Bertz CT molecular complexity index is 658. The van der Waals surface area contributed by atoms with Crippen LogP contribution in [0.25, 0.3) is 0 Å². The first-order chi connectivity index (χ1) is 11.7. The van der Waals surface area contributed by atoms with Gasteiger partial charge < -0.3 is 9.64 Å². The predicted octanol–water partition coefficient (Wildman–Crippen LogP) is 2.05. The normalized spacial score (nSPS) is 18.2. The van der Waals surface area contributed by atoms with Crippen molar-refractivity contribution in [3.05, 3.63) is 59.7 Å². The molecule has 1 aromatic carbocycles. The van der Waals surface area contributed by atoms with Crippen LogP contribution in [0.15, 0.2) is 42.7 Å². The van der Waals surface area contributed by atoms with E-state index in [1.165, 1.54) is 0 Å². The number of carbonyl (C=O) groups is 1. The predicted molar refractivity (Wildman–Crippen MR) is 91.5 cm³/mol. The quantitative estimate of drug-likeness (QED) is 0.863. The highest BCUT2D eigenvalue weighted by Gasteiger charge is 2.23. The Morgan fingerprint density at radius 1 is 1.25 bits per heavy atom. The molecule has 0 spiro atoms. The van der Waals surface area contributed by atoms with Crippen molar-refractivity contribution in [1.82, 2.24) is 14.9 Å². The third-order valence-corrected chi connectivity index (χ3v) is 4.22. The molecule has 1 amide bonds. The zero-order valence-electron chi connectivity index (χ0n) is 14.0. The Morgan fingerprint density at radius 2 is 2.08 bits per heavy atom. The molecule has 1 saturated heterocycles. The number of hydrogen-bond acceptors (Lipinski definition) is 4. The minimum absolute atomic E-state index is 0.159. The van der Waals surface area contributed by atoms with Crippen LogP contribution in [0.3, 0.4) is 0 Å². The maximum absolute atomic E-state index is 12.6. The first kappa shape index (κ1) is 16.6. The summed E-state index contributed by atoms with van der Waals surface area (Å²) in [6, 6.07) is 9.88. The summed E-state index contributed by atoms with van der Waals surface area (Å²) >= 11 is 0. The van der Waals surface area contributed by atoms with Gasteiger partial charge in [0.05, 0.1) is 31.0 Å². The van der Waals surface area contributed by atoms with Gasteiger partial charge in [0.15, 0.2) is 0 Å². The Balaban J connectivity index is 1.61. The molecule has 1 aliphatic heterocycles. The average molecular weight is 325 g/mol. The van der Waals surface area contributed by atoms with E-state index in [1.54, 1.807) is 6.20 Å². The van der Waals surface area contributed by atoms with Gasteiger partial charge in [0.2, 0.25) is 5.91 Å². The van der Waals surface area contributed by atoms with E-state index in [-0.39, 0.29) is 11.8 Å². The molecule has 0 aliphatic carbocycles. The Labute approximate surface area is 142 Å². The Kier molecular flexibility index (Phi) is 5.54. The van der Waals surface area contributed by atoms with E-state index in [1.807, 2.05) is 48.4 Å². The molecule has 5 heteroatoms. The topological polar surface area (TPSA) is 55.3 Å². The molecule has 1 atom stereocenters. The fraction of sp³-hybridized carbons (Fsp3) is 0.421. The lowest BCUT2D eigenvalue weighted by atomic mass is 10.0. The third-order valence-electron chi connectivity index (χ3n) is 4.22. The van der Waals surface area contributed by atoms with Crippen molar-refractivity contribution in [2.45, 2.75) is 19.8 Å². The number of rotatable bonds is 4. The summed E-state index contributed by atoms with van der Waals surface area (Å²) < 4.78 is 5.69. The van der Waals surface area contributed by atoms with Crippen molar-refractivity contribution in [1.29, 1.82) is 0 Å². The molecule has 1 aliphatic rings. The maximum atomic E-state index is 12.6. The lowest BCUT2D eigenvalue weighted by Crippen LogP contribution is -2.37. The molecule has 3 rings (SSSR count). The second kappa shape index (κ2) is 8.02. The number of aromatic nitrogens is 2. The molecule has 1 aromatic heterocycles. The van der Waals surface area contributed by atoms with Gasteiger partial charge in [0.1, 0.15) is 0 Å². The highest BCUT2D eigenvalue weighted by Crippen LogP contribution is 2.14. The van der Waals surface area contributed by atoms with E-state index in [9.17, 15) is 4.79 Å². The van der Waals surface area contributed by atoms with Crippen LogP contribution in [0, 0.1) is 12.8 Å². The van der Waals surface area contributed by atoms with Crippen LogP contribution >= 0.6 is 0 Å². The van der Waals surface area contributed by atoms with Gasteiger partial charge in [-0.2, -0.15) is 0 Å². The lowest BCUT2D eigenvalue weighted by Gasteiger charge is -2.23. The first-order valence-electron chi connectivity index (χ1n) is 8.37. The molecule has 5 nitrogen and oxygen atoms in total. The smallest absolute Gasteiger partial charge is 0.227 e.